The summed E-state index contributed by atoms with van der Waals surface area (Å²) in [5.74, 6) is 4.14. The van der Waals surface area contributed by atoms with Gasteiger partial charge in [-0.25, -0.2) is 0 Å². The highest BCUT2D eigenvalue weighted by molar-refractivity contribution is 5.83. The minimum Gasteiger partial charge on any atom is -0.0651 e. The fraction of sp³-hybridized carbons (Fsp3) is 0.643. The first-order valence-electron chi connectivity index (χ1n) is 12.3. The van der Waals surface area contributed by atoms with E-state index in [0.29, 0.717) is 0 Å². The van der Waals surface area contributed by atoms with E-state index in [4.69, 9.17) is 0 Å². The van der Waals surface area contributed by atoms with E-state index < -0.39 is 0 Å². The monoisotopic (exact) mass is 376 g/mol. The van der Waals surface area contributed by atoms with Gasteiger partial charge < -0.3 is 0 Å². The maximum absolute atomic E-state index is 2.44. The fourth-order valence-corrected chi connectivity index (χ4v) is 6.11. The summed E-state index contributed by atoms with van der Waals surface area (Å²) in [6, 6.07) is 14.1. The van der Waals surface area contributed by atoms with E-state index in [9.17, 15) is 0 Å². The van der Waals surface area contributed by atoms with E-state index in [2.05, 4.69) is 50.2 Å². The van der Waals surface area contributed by atoms with E-state index >= 15 is 0 Å². The zero-order valence-corrected chi connectivity index (χ0v) is 18.3. The Bertz CT molecular complexity index is 742. The van der Waals surface area contributed by atoms with Crippen LogP contribution in [-0.4, -0.2) is 0 Å². The lowest BCUT2D eigenvalue weighted by molar-refractivity contribution is 0.142. The molecular formula is C28H40. The van der Waals surface area contributed by atoms with Crippen molar-refractivity contribution >= 4 is 10.8 Å². The third-order valence-electron chi connectivity index (χ3n) is 8.25. The van der Waals surface area contributed by atoms with E-state index in [1.165, 1.54) is 92.5 Å². The van der Waals surface area contributed by atoms with E-state index in [-0.39, 0.29) is 0 Å². The van der Waals surface area contributed by atoms with Crippen LogP contribution in [0.1, 0.15) is 89.2 Å². The smallest absolute Gasteiger partial charge is 0.0181 e. The second-order valence-electron chi connectivity index (χ2n) is 9.88. The molecule has 0 spiro atoms. The lowest BCUT2D eigenvalue weighted by Crippen LogP contribution is -2.25. The van der Waals surface area contributed by atoms with Gasteiger partial charge in [0.05, 0.1) is 0 Å². The number of hydrogen-bond acceptors (Lipinski definition) is 0. The topological polar surface area (TPSA) is 0 Å². The lowest BCUT2D eigenvalue weighted by atomic mass is 9.68. The predicted octanol–water partition coefficient (Wildman–Crippen LogP) is 8.36. The number of benzene rings is 2. The number of fused-ring (bicyclic) bond motifs is 1. The molecule has 2 aliphatic rings. The largest absolute Gasteiger partial charge is 0.0651 e. The molecule has 2 saturated carbocycles. The van der Waals surface area contributed by atoms with E-state index in [0.717, 1.165) is 30.1 Å². The van der Waals surface area contributed by atoms with Crippen LogP contribution in [0.5, 0.6) is 0 Å². The van der Waals surface area contributed by atoms with E-state index in [1.54, 1.807) is 0 Å². The molecule has 0 aliphatic heterocycles. The van der Waals surface area contributed by atoms with Crippen molar-refractivity contribution in [2.75, 3.05) is 0 Å². The Morgan fingerprint density at radius 3 is 1.75 bits per heavy atom. The quantitative estimate of drug-likeness (QED) is 0.475. The van der Waals surface area contributed by atoms with Crippen molar-refractivity contribution in [3.05, 3.63) is 47.5 Å². The molecule has 0 N–H and O–H groups in total. The minimum absolute atomic E-state index is 0.974. The van der Waals surface area contributed by atoms with Crippen molar-refractivity contribution in [1.82, 2.24) is 0 Å². The van der Waals surface area contributed by atoms with Gasteiger partial charge in [0.1, 0.15) is 0 Å². The van der Waals surface area contributed by atoms with Crippen LogP contribution in [0.2, 0.25) is 0 Å². The molecular weight excluding hydrogens is 336 g/mol. The molecule has 2 aromatic rings. The van der Waals surface area contributed by atoms with Crippen molar-refractivity contribution in [1.29, 1.82) is 0 Å². The molecule has 0 heterocycles. The second kappa shape index (κ2) is 9.47. The first kappa shape index (κ1) is 20.0. The molecule has 0 amide bonds. The number of rotatable bonds is 6. The molecule has 152 valence electrons. The summed E-state index contributed by atoms with van der Waals surface area (Å²) >= 11 is 0. The summed E-state index contributed by atoms with van der Waals surface area (Å²) in [7, 11) is 0. The highest BCUT2D eigenvalue weighted by Crippen LogP contribution is 2.42. The normalized spacial score (nSPS) is 28.5. The lowest BCUT2D eigenvalue weighted by Gasteiger charge is -2.37. The van der Waals surface area contributed by atoms with Gasteiger partial charge in [-0.3, -0.25) is 0 Å². The Hall–Kier alpha value is -1.30. The predicted molar refractivity (Wildman–Crippen MR) is 123 cm³/mol. The number of aryl methyl sites for hydroxylation is 2. The van der Waals surface area contributed by atoms with Crippen LogP contribution in [-0.2, 0) is 12.8 Å². The summed E-state index contributed by atoms with van der Waals surface area (Å²) in [6.45, 7) is 4.62. The van der Waals surface area contributed by atoms with Crippen molar-refractivity contribution in [2.45, 2.75) is 90.9 Å². The molecule has 0 bridgehead atoms. The molecule has 0 aromatic heterocycles. The second-order valence-corrected chi connectivity index (χ2v) is 9.88. The van der Waals surface area contributed by atoms with Gasteiger partial charge in [0.2, 0.25) is 0 Å². The average molecular weight is 377 g/mol. The van der Waals surface area contributed by atoms with Crippen LogP contribution in [0.4, 0.5) is 0 Å². The third-order valence-corrected chi connectivity index (χ3v) is 8.25. The third kappa shape index (κ3) is 4.81. The zero-order valence-electron chi connectivity index (χ0n) is 18.3. The van der Waals surface area contributed by atoms with Gasteiger partial charge >= 0.3 is 0 Å². The van der Waals surface area contributed by atoms with Crippen LogP contribution in [0.3, 0.4) is 0 Å². The molecule has 0 nitrogen and oxygen atoms in total. The first-order valence-corrected chi connectivity index (χ1v) is 12.3. The maximum atomic E-state index is 2.44. The first-order chi connectivity index (χ1) is 13.7. The van der Waals surface area contributed by atoms with Gasteiger partial charge in [-0.05, 0) is 90.5 Å². The summed E-state index contributed by atoms with van der Waals surface area (Å²) in [6.07, 6.45) is 17.3. The van der Waals surface area contributed by atoms with Gasteiger partial charge in [0.15, 0.2) is 0 Å². The Labute approximate surface area is 173 Å². The van der Waals surface area contributed by atoms with Crippen molar-refractivity contribution in [3.63, 3.8) is 0 Å². The highest BCUT2D eigenvalue weighted by Gasteiger charge is 2.30. The fourth-order valence-electron chi connectivity index (χ4n) is 6.11. The SMILES string of the molecule is CCc1ccc2cc(CCC3CCC(C4CCC(CC)CC4)CC3)ccc2c1. The Morgan fingerprint density at radius 1 is 0.643 bits per heavy atom. The minimum atomic E-state index is 0.974. The van der Waals surface area contributed by atoms with E-state index in [1.807, 2.05) is 0 Å². The van der Waals surface area contributed by atoms with Gasteiger partial charge in [-0.2, -0.15) is 0 Å². The molecule has 2 aliphatic carbocycles. The molecule has 4 rings (SSSR count). The maximum Gasteiger partial charge on any atom is -0.0181 e. The van der Waals surface area contributed by atoms with Gasteiger partial charge in [-0.1, -0.05) is 82.3 Å². The summed E-state index contributed by atoms with van der Waals surface area (Å²) in [5.41, 5.74) is 2.98. The standard InChI is InChI=1S/C28H40/c1-3-21-7-13-25(14-8-21)26-15-10-23(11-16-26)5-6-24-12-18-27-19-22(4-2)9-17-28(27)20-24/h9,12,17-21,23,25-26H,3-8,10-11,13-16H2,1-2H3. The zero-order chi connectivity index (χ0) is 19.3. The molecule has 28 heavy (non-hydrogen) atoms. The molecule has 0 saturated heterocycles. The van der Waals surface area contributed by atoms with Gasteiger partial charge in [-0.15, -0.1) is 0 Å². The molecule has 2 fully saturated rings. The van der Waals surface area contributed by atoms with Crippen molar-refractivity contribution in [2.24, 2.45) is 23.7 Å². The Morgan fingerprint density at radius 2 is 1.18 bits per heavy atom. The Kier molecular flexibility index (Phi) is 6.76. The molecule has 0 unspecified atom stereocenters. The van der Waals surface area contributed by atoms with Crippen LogP contribution < -0.4 is 0 Å². The molecule has 2 aromatic carbocycles. The highest BCUT2D eigenvalue weighted by atomic mass is 14.4. The van der Waals surface area contributed by atoms with Gasteiger partial charge in [0.25, 0.3) is 0 Å². The summed E-state index contributed by atoms with van der Waals surface area (Å²) in [5, 5.41) is 2.82. The van der Waals surface area contributed by atoms with Crippen molar-refractivity contribution < 1.29 is 0 Å². The van der Waals surface area contributed by atoms with Crippen LogP contribution in [0.25, 0.3) is 10.8 Å². The van der Waals surface area contributed by atoms with Crippen LogP contribution in [0, 0.1) is 23.7 Å². The summed E-state index contributed by atoms with van der Waals surface area (Å²) < 4.78 is 0. The molecule has 0 radical (unpaired) electrons. The summed E-state index contributed by atoms with van der Waals surface area (Å²) in [4.78, 5) is 0. The van der Waals surface area contributed by atoms with Crippen LogP contribution in [0.15, 0.2) is 36.4 Å². The molecule has 0 heteroatoms. The van der Waals surface area contributed by atoms with Gasteiger partial charge in [0, 0.05) is 0 Å². The van der Waals surface area contributed by atoms with Crippen molar-refractivity contribution in [3.8, 4) is 0 Å². The average Bonchev–Trinajstić information content (AvgIpc) is 2.77. The molecule has 0 atom stereocenters. The Balaban J connectivity index is 1.25. The van der Waals surface area contributed by atoms with Crippen LogP contribution >= 0.6 is 0 Å². The number of hydrogen-bond donors (Lipinski definition) is 0.